The average Bonchev–Trinajstić information content (AvgIpc) is 2.67. The first-order chi connectivity index (χ1) is 7.74. The van der Waals surface area contributed by atoms with Crippen molar-refractivity contribution in [3.63, 3.8) is 0 Å². The van der Waals surface area contributed by atoms with Crippen molar-refractivity contribution in [3.05, 3.63) is 48.0 Å². The maximum absolute atomic E-state index is 12.6. The lowest BCUT2D eigenvalue weighted by atomic mass is 10.3. The van der Waals surface area contributed by atoms with Gasteiger partial charge in [0.2, 0.25) is 0 Å². The summed E-state index contributed by atoms with van der Waals surface area (Å²) in [6, 6.07) is 6.34. The molecule has 0 saturated heterocycles. The smallest absolute Gasteiger partial charge is 0.123 e. The maximum Gasteiger partial charge on any atom is 0.123 e. The fraction of sp³-hybridized carbons (Fsp3) is 0.250. The van der Waals surface area contributed by atoms with Gasteiger partial charge in [-0.05, 0) is 36.8 Å². The van der Waals surface area contributed by atoms with Gasteiger partial charge >= 0.3 is 0 Å². The number of benzene rings is 1. The summed E-state index contributed by atoms with van der Waals surface area (Å²) in [4.78, 5) is 0. The Hall–Kier alpha value is -1.84. The summed E-state index contributed by atoms with van der Waals surface area (Å²) >= 11 is 0. The molecule has 0 bridgehead atoms. The molecule has 2 rings (SSSR count). The minimum atomic E-state index is -0.215. The molecule has 0 aliphatic rings. The van der Waals surface area contributed by atoms with Crippen molar-refractivity contribution >= 4 is 5.69 Å². The summed E-state index contributed by atoms with van der Waals surface area (Å²) < 4.78 is 14.5. The Kier molecular flexibility index (Phi) is 3.19. The molecule has 84 valence electrons. The molecule has 2 aromatic rings. The third kappa shape index (κ3) is 2.82. The summed E-state index contributed by atoms with van der Waals surface area (Å²) in [6.45, 7) is 3.58. The van der Waals surface area contributed by atoms with Crippen molar-refractivity contribution in [2.45, 2.75) is 13.5 Å². The summed E-state index contributed by atoms with van der Waals surface area (Å²) in [5.41, 5.74) is 2.08. The van der Waals surface area contributed by atoms with Gasteiger partial charge in [0.25, 0.3) is 0 Å². The van der Waals surface area contributed by atoms with Gasteiger partial charge < -0.3 is 5.32 Å². The van der Waals surface area contributed by atoms with E-state index in [4.69, 9.17) is 0 Å². The largest absolute Gasteiger partial charge is 0.383 e. The second kappa shape index (κ2) is 4.79. The molecule has 0 unspecified atom stereocenters. The number of rotatable bonds is 4. The van der Waals surface area contributed by atoms with Crippen molar-refractivity contribution in [2.75, 3.05) is 11.9 Å². The van der Waals surface area contributed by atoms with Gasteiger partial charge in [-0.15, -0.1) is 0 Å². The molecule has 0 spiro atoms. The van der Waals surface area contributed by atoms with Gasteiger partial charge in [0, 0.05) is 18.4 Å². The van der Waals surface area contributed by atoms with E-state index in [1.807, 2.05) is 24.0 Å². The monoisotopic (exact) mass is 219 g/mol. The van der Waals surface area contributed by atoms with E-state index in [9.17, 15) is 4.39 Å². The van der Waals surface area contributed by atoms with Gasteiger partial charge in [-0.3, -0.25) is 4.68 Å². The number of hydrogen-bond donors (Lipinski definition) is 1. The molecule has 0 atom stereocenters. The van der Waals surface area contributed by atoms with E-state index in [1.165, 1.54) is 12.1 Å². The zero-order valence-electron chi connectivity index (χ0n) is 9.15. The van der Waals surface area contributed by atoms with E-state index in [0.29, 0.717) is 0 Å². The molecule has 0 saturated carbocycles. The van der Waals surface area contributed by atoms with E-state index >= 15 is 0 Å². The Bertz CT molecular complexity index is 448. The maximum atomic E-state index is 12.6. The van der Waals surface area contributed by atoms with Crippen LogP contribution in [0.15, 0.2) is 36.7 Å². The molecule has 1 aromatic carbocycles. The van der Waals surface area contributed by atoms with Crippen LogP contribution >= 0.6 is 0 Å². The van der Waals surface area contributed by atoms with Crippen LogP contribution in [-0.4, -0.2) is 16.3 Å². The molecule has 1 N–H and O–H groups in total. The lowest BCUT2D eigenvalue weighted by Gasteiger charge is -2.06. The topological polar surface area (TPSA) is 29.9 Å². The van der Waals surface area contributed by atoms with E-state index < -0.39 is 0 Å². The Balaban J connectivity index is 1.82. The predicted molar refractivity (Wildman–Crippen MR) is 61.9 cm³/mol. The highest BCUT2D eigenvalue weighted by Crippen LogP contribution is 2.07. The SMILES string of the molecule is Cc1cnn(CCNc2ccc(F)cc2)c1. The number of anilines is 1. The normalized spacial score (nSPS) is 10.4. The van der Waals surface area contributed by atoms with Crippen LogP contribution in [0.4, 0.5) is 10.1 Å². The van der Waals surface area contributed by atoms with Gasteiger partial charge in [0.05, 0.1) is 12.7 Å². The van der Waals surface area contributed by atoms with Gasteiger partial charge in [-0.2, -0.15) is 5.10 Å². The highest BCUT2D eigenvalue weighted by molar-refractivity contribution is 5.42. The second-order valence-corrected chi connectivity index (χ2v) is 3.71. The van der Waals surface area contributed by atoms with Crippen LogP contribution in [0.5, 0.6) is 0 Å². The van der Waals surface area contributed by atoms with Crippen LogP contribution in [0.1, 0.15) is 5.56 Å². The first kappa shape index (κ1) is 10.7. The standard InChI is InChI=1S/C12H14FN3/c1-10-8-15-16(9-10)7-6-14-12-4-2-11(13)3-5-12/h2-5,8-9,14H,6-7H2,1H3. The zero-order chi connectivity index (χ0) is 11.4. The fourth-order valence-corrected chi connectivity index (χ4v) is 1.47. The Morgan fingerprint density at radius 1 is 1.31 bits per heavy atom. The molecule has 0 amide bonds. The highest BCUT2D eigenvalue weighted by Gasteiger charge is 1.95. The molecule has 4 heteroatoms. The van der Waals surface area contributed by atoms with E-state index in [0.717, 1.165) is 24.3 Å². The third-order valence-corrected chi connectivity index (χ3v) is 2.28. The number of aryl methyl sites for hydroxylation is 1. The molecule has 0 fully saturated rings. The van der Waals surface area contributed by atoms with E-state index in [2.05, 4.69) is 10.4 Å². The first-order valence-electron chi connectivity index (χ1n) is 5.22. The number of halogens is 1. The van der Waals surface area contributed by atoms with Gasteiger partial charge in [0.15, 0.2) is 0 Å². The Morgan fingerprint density at radius 2 is 2.06 bits per heavy atom. The molecular weight excluding hydrogens is 205 g/mol. The second-order valence-electron chi connectivity index (χ2n) is 3.71. The first-order valence-corrected chi connectivity index (χ1v) is 5.22. The molecule has 0 aliphatic heterocycles. The van der Waals surface area contributed by atoms with E-state index in [1.54, 1.807) is 12.1 Å². The van der Waals surface area contributed by atoms with Crippen molar-refractivity contribution in [2.24, 2.45) is 0 Å². The number of aromatic nitrogens is 2. The van der Waals surface area contributed by atoms with Gasteiger partial charge in [0.1, 0.15) is 5.82 Å². The minimum Gasteiger partial charge on any atom is -0.383 e. The van der Waals surface area contributed by atoms with Crippen molar-refractivity contribution < 1.29 is 4.39 Å². The lowest BCUT2D eigenvalue weighted by Crippen LogP contribution is -2.10. The molecule has 0 radical (unpaired) electrons. The van der Waals surface area contributed by atoms with Crippen LogP contribution in [0, 0.1) is 12.7 Å². The van der Waals surface area contributed by atoms with Gasteiger partial charge in [-0.1, -0.05) is 0 Å². The van der Waals surface area contributed by atoms with Crippen molar-refractivity contribution in [1.82, 2.24) is 9.78 Å². The predicted octanol–water partition coefficient (Wildman–Crippen LogP) is 2.44. The minimum absolute atomic E-state index is 0.215. The molecule has 16 heavy (non-hydrogen) atoms. The fourth-order valence-electron chi connectivity index (χ4n) is 1.47. The summed E-state index contributed by atoms with van der Waals surface area (Å²) in [7, 11) is 0. The summed E-state index contributed by atoms with van der Waals surface area (Å²) in [6.07, 6.45) is 3.82. The van der Waals surface area contributed by atoms with Crippen LogP contribution < -0.4 is 5.32 Å². The Morgan fingerprint density at radius 3 is 2.69 bits per heavy atom. The van der Waals surface area contributed by atoms with Gasteiger partial charge in [-0.25, -0.2) is 4.39 Å². The summed E-state index contributed by atoms with van der Waals surface area (Å²) in [5.74, 6) is -0.215. The highest BCUT2D eigenvalue weighted by atomic mass is 19.1. The molecular formula is C12H14FN3. The molecule has 1 heterocycles. The number of hydrogen-bond acceptors (Lipinski definition) is 2. The molecule has 0 aliphatic carbocycles. The quantitative estimate of drug-likeness (QED) is 0.856. The zero-order valence-corrected chi connectivity index (χ0v) is 9.15. The molecule has 3 nitrogen and oxygen atoms in total. The average molecular weight is 219 g/mol. The number of nitrogens with one attached hydrogen (secondary N) is 1. The van der Waals surface area contributed by atoms with E-state index in [-0.39, 0.29) is 5.82 Å². The van der Waals surface area contributed by atoms with Crippen molar-refractivity contribution in [1.29, 1.82) is 0 Å². The van der Waals surface area contributed by atoms with Crippen LogP contribution in [0.25, 0.3) is 0 Å². The third-order valence-electron chi connectivity index (χ3n) is 2.28. The van der Waals surface area contributed by atoms with Crippen LogP contribution in [0.2, 0.25) is 0 Å². The lowest BCUT2D eigenvalue weighted by molar-refractivity contribution is 0.627. The number of nitrogens with zero attached hydrogens (tertiary/aromatic N) is 2. The van der Waals surface area contributed by atoms with Crippen LogP contribution in [0.3, 0.4) is 0 Å². The van der Waals surface area contributed by atoms with Crippen molar-refractivity contribution in [3.8, 4) is 0 Å². The molecule has 1 aromatic heterocycles. The van der Waals surface area contributed by atoms with Crippen LogP contribution in [-0.2, 0) is 6.54 Å². The summed E-state index contributed by atoms with van der Waals surface area (Å²) in [5, 5.41) is 7.38. The Labute approximate surface area is 93.9 Å².